The highest BCUT2D eigenvalue weighted by Crippen LogP contribution is 2.25. The van der Waals surface area contributed by atoms with Crippen LogP contribution in [0.5, 0.6) is 5.75 Å². The summed E-state index contributed by atoms with van der Waals surface area (Å²) < 4.78 is 7.14. The van der Waals surface area contributed by atoms with Crippen molar-refractivity contribution in [2.45, 2.75) is 13.8 Å². The van der Waals surface area contributed by atoms with Crippen molar-refractivity contribution in [2.75, 3.05) is 12.0 Å². The molecule has 0 bridgehead atoms. The number of benzene rings is 1. The molecule has 0 saturated carbocycles. The van der Waals surface area contributed by atoms with Gasteiger partial charge < -0.3 is 9.30 Å². The summed E-state index contributed by atoms with van der Waals surface area (Å²) in [6.07, 6.45) is 1.61. The lowest BCUT2D eigenvalue weighted by Gasteiger charge is -2.29. The lowest BCUT2D eigenvalue weighted by atomic mass is 10.1. The number of amides is 2. The number of methoxy groups -OCH3 is 1. The molecule has 6 nitrogen and oxygen atoms in total. The number of anilines is 1. The smallest absolute Gasteiger partial charge is 0.270 e. The zero-order chi connectivity index (χ0) is 19.0. The minimum Gasteiger partial charge on any atom is -0.497 e. The van der Waals surface area contributed by atoms with Gasteiger partial charge in [0.1, 0.15) is 11.3 Å². The number of thiocarbonyl (C=S) groups is 1. The van der Waals surface area contributed by atoms with Crippen LogP contribution in [0.25, 0.3) is 6.08 Å². The molecule has 1 fully saturated rings. The van der Waals surface area contributed by atoms with Gasteiger partial charge in [-0.2, -0.15) is 0 Å². The first-order valence-electron chi connectivity index (χ1n) is 8.02. The topological polar surface area (TPSA) is 63.6 Å². The van der Waals surface area contributed by atoms with Crippen molar-refractivity contribution in [1.82, 2.24) is 9.88 Å². The third kappa shape index (κ3) is 3.01. The van der Waals surface area contributed by atoms with Crippen LogP contribution >= 0.6 is 12.2 Å². The van der Waals surface area contributed by atoms with Crippen molar-refractivity contribution >= 4 is 40.9 Å². The van der Waals surface area contributed by atoms with Crippen molar-refractivity contribution in [3.63, 3.8) is 0 Å². The average molecular weight is 369 g/mol. The molecule has 134 valence electrons. The molecule has 2 aromatic rings. The molecule has 1 N–H and O–H groups in total. The fourth-order valence-corrected chi connectivity index (χ4v) is 3.09. The quantitative estimate of drug-likeness (QED) is 0.513. The molecule has 0 aliphatic carbocycles. The van der Waals surface area contributed by atoms with Crippen molar-refractivity contribution < 1.29 is 14.3 Å². The predicted octanol–water partition coefficient (Wildman–Crippen LogP) is 2.48. The zero-order valence-corrected chi connectivity index (χ0v) is 15.8. The highest BCUT2D eigenvalue weighted by molar-refractivity contribution is 7.80. The Morgan fingerprint density at radius 1 is 1.15 bits per heavy atom. The molecule has 7 heteroatoms. The first kappa shape index (κ1) is 17.9. The van der Waals surface area contributed by atoms with E-state index < -0.39 is 11.8 Å². The second kappa shape index (κ2) is 6.76. The Morgan fingerprint density at radius 2 is 1.81 bits per heavy atom. The van der Waals surface area contributed by atoms with Crippen molar-refractivity contribution in [2.24, 2.45) is 7.05 Å². The van der Waals surface area contributed by atoms with Crippen LogP contribution in [0.2, 0.25) is 0 Å². The van der Waals surface area contributed by atoms with Crippen molar-refractivity contribution in [3.05, 3.63) is 52.9 Å². The number of carbonyl (C=O) groups excluding carboxylic acids is 2. The van der Waals surface area contributed by atoms with E-state index in [9.17, 15) is 9.59 Å². The molecule has 2 amide bonds. The highest BCUT2D eigenvalue weighted by Gasteiger charge is 2.34. The Labute approximate surface area is 157 Å². The average Bonchev–Trinajstić information content (AvgIpc) is 2.86. The molecule has 2 heterocycles. The Bertz CT molecular complexity index is 942. The number of nitrogens with one attached hydrogen (secondary N) is 1. The van der Waals surface area contributed by atoms with E-state index in [4.69, 9.17) is 17.0 Å². The molecule has 1 saturated heterocycles. The summed E-state index contributed by atoms with van der Waals surface area (Å²) in [5.74, 6) is -0.283. The van der Waals surface area contributed by atoms with Crippen molar-refractivity contribution in [3.8, 4) is 5.75 Å². The Kier molecular flexibility index (Phi) is 4.65. The number of hydrogen-bond donors (Lipinski definition) is 1. The summed E-state index contributed by atoms with van der Waals surface area (Å²) in [5, 5.41) is 2.65. The largest absolute Gasteiger partial charge is 0.497 e. The Hall–Kier alpha value is -2.93. The molecule has 0 atom stereocenters. The molecule has 0 radical (unpaired) electrons. The SMILES string of the molecule is COc1ccc(N2C(=O)/C(=C\c3cc(C)n(C)c3C)C(=O)NC2=S)cc1. The number of nitrogens with zero attached hydrogens (tertiary/aromatic N) is 2. The van der Waals surface area contributed by atoms with E-state index in [1.165, 1.54) is 4.90 Å². The van der Waals surface area contributed by atoms with E-state index in [2.05, 4.69) is 5.32 Å². The van der Waals surface area contributed by atoms with E-state index in [1.54, 1.807) is 37.5 Å². The van der Waals surface area contributed by atoms with Crippen LogP contribution < -0.4 is 15.0 Å². The summed E-state index contributed by atoms with van der Waals surface area (Å²) >= 11 is 5.20. The summed E-state index contributed by atoms with van der Waals surface area (Å²) in [6, 6.07) is 8.84. The van der Waals surface area contributed by atoms with E-state index in [1.807, 2.05) is 31.5 Å². The van der Waals surface area contributed by atoms with Crippen LogP contribution in [-0.4, -0.2) is 28.6 Å². The molecule has 1 aromatic carbocycles. The van der Waals surface area contributed by atoms with E-state index >= 15 is 0 Å². The summed E-state index contributed by atoms with van der Waals surface area (Å²) in [6.45, 7) is 3.91. The third-order valence-corrected chi connectivity index (χ3v) is 4.83. The maximum Gasteiger partial charge on any atom is 0.270 e. The first-order chi connectivity index (χ1) is 12.3. The fraction of sp³-hybridized carbons (Fsp3) is 0.211. The normalized spacial score (nSPS) is 16.2. The minimum atomic E-state index is -0.495. The molecule has 1 aliphatic rings. The number of rotatable bonds is 3. The highest BCUT2D eigenvalue weighted by atomic mass is 32.1. The van der Waals surface area contributed by atoms with Gasteiger partial charge in [0.2, 0.25) is 0 Å². The molecule has 0 unspecified atom stereocenters. The third-order valence-electron chi connectivity index (χ3n) is 4.55. The van der Waals surface area contributed by atoms with Crippen LogP contribution in [0.4, 0.5) is 5.69 Å². The van der Waals surface area contributed by atoms with Gasteiger partial charge in [-0.1, -0.05) is 0 Å². The number of carbonyl (C=O) groups is 2. The van der Waals surface area contributed by atoms with E-state index in [-0.39, 0.29) is 10.7 Å². The van der Waals surface area contributed by atoms with Gasteiger partial charge in [0.15, 0.2) is 5.11 Å². The van der Waals surface area contributed by atoms with Crippen molar-refractivity contribution in [1.29, 1.82) is 0 Å². The lowest BCUT2D eigenvalue weighted by Crippen LogP contribution is -2.54. The number of aromatic nitrogens is 1. The number of aryl methyl sites for hydroxylation is 1. The standard InChI is InChI=1S/C19H19N3O3S/c1-11-9-13(12(2)21(11)3)10-16-17(23)20-19(26)22(18(16)24)14-5-7-15(25-4)8-6-14/h5-10H,1-4H3,(H,20,23,26)/b16-10-. The molecular weight excluding hydrogens is 350 g/mol. The minimum absolute atomic E-state index is 0.0446. The molecule has 0 spiro atoms. The number of hydrogen-bond acceptors (Lipinski definition) is 4. The number of ether oxygens (including phenoxy) is 1. The Balaban J connectivity index is 2.02. The fourth-order valence-electron chi connectivity index (χ4n) is 2.81. The molecular formula is C19H19N3O3S. The summed E-state index contributed by atoms with van der Waals surface area (Å²) in [5.41, 5.74) is 3.45. The molecule has 1 aromatic heterocycles. The maximum atomic E-state index is 13.0. The monoisotopic (exact) mass is 369 g/mol. The van der Waals surface area contributed by atoms with Gasteiger partial charge in [0, 0.05) is 18.4 Å². The maximum absolute atomic E-state index is 13.0. The van der Waals surface area contributed by atoms with E-state index in [0.717, 1.165) is 17.0 Å². The molecule has 1 aliphatic heterocycles. The van der Waals surface area contributed by atoms with Gasteiger partial charge in [-0.15, -0.1) is 0 Å². The summed E-state index contributed by atoms with van der Waals surface area (Å²) in [4.78, 5) is 26.7. The van der Waals surface area contributed by atoms with Gasteiger partial charge in [0.25, 0.3) is 11.8 Å². The predicted molar refractivity (Wildman–Crippen MR) is 104 cm³/mol. The van der Waals surface area contributed by atoms with Crippen LogP contribution in [-0.2, 0) is 16.6 Å². The second-order valence-corrected chi connectivity index (χ2v) is 6.43. The van der Waals surface area contributed by atoms with Crippen LogP contribution in [0.3, 0.4) is 0 Å². The van der Waals surface area contributed by atoms with Gasteiger partial charge in [-0.05, 0) is 68.0 Å². The lowest BCUT2D eigenvalue weighted by molar-refractivity contribution is -0.122. The van der Waals surface area contributed by atoms with Crippen LogP contribution in [0.1, 0.15) is 17.0 Å². The van der Waals surface area contributed by atoms with Crippen LogP contribution in [0.15, 0.2) is 35.9 Å². The molecule has 3 rings (SSSR count). The van der Waals surface area contributed by atoms with Gasteiger partial charge >= 0.3 is 0 Å². The van der Waals surface area contributed by atoms with Gasteiger partial charge in [-0.25, -0.2) is 0 Å². The van der Waals surface area contributed by atoms with Crippen LogP contribution in [0, 0.1) is 13.8 Å². The summed E-state index contributed by atoms with van der Waals surface area (Å²) in [7, 11) is 3.51. The second-order valence-electron chi connectivity index (χ2n) is 6.04. The first-order valence-corrected chi connectivity index (χ1v) is 8.42. The zero-order valence-electron chi connectivity index (χ0n) is 15.0. The molecule has 26 heavy (non-hydrogen) atoms. The van der Waals surface area contributed by atoms with E-state index in [0.29, 0.717) is 11.4 Å². The Morgan fingerprint density at radius 3 is 2.35 bits per heavy atom. The van der Waals surface area contributed by atoms with Gasteiger partial charge in [0.05, 0.1) is 12.8 Å². The van der Waals surface area contributed by atoms with Gasteiger partial charge in [-0.3, -0.25) is 19.8 Å².